The fraction of sp³-hybridized carbons (Fsp3) is 0.333. The van der Waals surface area contributed by atoms with Crippen molar-refractivity contribution in [2.24, 2.45) is 0 Å². The second-order valence-electron chi connectivity index (χ2n) is 2.52. The van der Waals surface area contributed by atoms with Gasteiger partial charge >= 0.3 is 8.25 Å². The molecule has 0 bridgehead atoms. The van der Waals surface area contributed by atoms with Crippen LogP contribution in [0.25, 0.3) is 0 Å². The molecule has 2 aromatic rings. The average Bonchev–Trinajstić information content (AvgIpc) is 2.96. The second kappa shape index (κ2) is 5.50. The number of rotatable bonds is 6. The van der Waals surface area contributed by atoms with Crippen molar-refractivity contribution in [2.45, 2.75) is 13.2 Å². The van der Waals surface area contributed by atoms with E-state index in [2.05, 4.69) is 29.3 Å². The van der Waals surface area contributed by atoms with Gasteiger partial charge in [0.05, 0.1) is 0 Å². The topological polar surface area (TPSA) is 113 Å². The minimum Gasteiger partial charge on any atom is -0.343 e. The first-order valence-electron chi connectivity index (χ1n) is 4.14. The van der Waals surface area contributed by atoms with Gasteiger partial charge in [0.25, 0.3) is 0 Å². The Morgan fingerprint density at radius 2 is 1.56 bits per heavy atom. The van der Waals surface area contributed by atoms with Gasteiger partial charge in [-0.25, -0.2) is 0 Å². The molecular formula is C6H7N4O5P. The molecule has 0 saturated carbocycles. The van der Waals surface area contributed by atoms with Gasteiger partial charge in [0.15, 0.2) is 11.6 Å². The molecule has 0 saturated heterocycles. The van der Waals surface area contributed by atoms with E-state index in [-0.39, 0.29) is 13.2 Å². The van der Waals surface area contributed by atoms with Crippen LogP contribution < -0.4 is 0 Å². The second-order valence-corrected chi connectivity index (χ2v) is 3.60. The molecule has 9 nitrogen and oxygen atoms in total. The van der Waals surface area contributed by atoms with Gasteiger partial charge < -0.3 is 18.1 Å². The summed E-state index contributed by atoms with van der Waals surface area (Å²) in [6.45, 7) is -0.0823. The monoisotopic (exact) mass is 246 g/mol. The first kappa shape index (κ1) is 10.9. The third-order valence-electron chi connectivity index (χ3n) is 1.45. The van der Waals surface area contributed by atoms with Gasteiger partial charge in [-0.1, -0.05) is 10.3 Å². The molecule has 0 spiro atoms. The summed E-state index contributed by atoms with van der Waals surface area (Å²) in [6.07, 6.45) is 2.30. The predicted octanol–water partition coefficient (Wildman–Crippen LogP) is 0.576. The van der Waals surface area contributed by atoms with E-state index in [1.54, 1.807) is 0 Å². The van der Waals surface area contributed by atoms with Crippen LogP contribution in [0.1, 0.15) is 11.6 Å². The lowest BCUT2D eigenvalue weighted by Gasteiger charge is -2.00. The highest BCUT2D eigenvalue weighted by Crippen LogP contribution is 2.25. The van der Waals surface area contributed by atoms with Gasteiger partial charge in [0.1, 0.15) is 13.2 Å². The summed E-state index contributed by atoms with van der Waals surface area (Å²) in [5, 5.41) is 6.94. The maximum Gasteiger partial charge on any atom is 0.320 e. The number of hydrogen-bond acceptors (Lipinski definition) is 9. The summed E-state index contributed by atoms with van der Waals surface area (Å²) in [5.41, 5.74) is 0. The highest BCUT2D eigenvalue weighted by Gasteiger charge is 2.06. The van der Waals surface area contributed by atoms with Crippen LogP contribution in [0.15, 0.2) is 21.8 Å². The summed E-state index contributed by atoms with van der Waals surface area (Å²) in [6, 6.07) is 0. The zero-order valence-corrected chi connectivity index (χ0v) is 8.90. The zero-order chi connectivity index (χ0) is 11.2. The molecule has 0 atom stereocenters. The van der Waals surface area contributed by atoms with Crippen molar-refractivity contribution < 1.29 is 22.7 Å². The van der Waals surface area contributed by atoms with E-state index in [0.29, 0.717) is 11.6 Å². The standard InChI is InChI=1S/C6H7N4O5P/c11-16(14-1-5-7-3-12-9-5)15-2-6-8-4-13-10-6/h3-4,16H,1-2H2. The van der Waals surface area contributed by atoms with E-state index in [4.69, 9.17) is 9.05 Å². The van der Waals surface area contributed by atoms with E-state index in [0.717, 1.165) is 12.8 Å². The number of hydrogen-bond donors (Lipinski definition) is 0. The summed E-state index contributed by atoms with van der Waals surface area (Å²) in [5.74, 6) is 0.586. The Bertz CT molecular complexity index is 389. The van der Waals surface area contributed by atoms with E-state index in [1.807, 2.05) is 0 Å². The largest absolute Gasteiger partial charge is 0.343 e. The average molecular weight is 246 g/mol. The van der Waals surface area contributed by atoms with Gasteiger partial charge in [-0.2, -0.15) is 9.97 Å². The molecule has 0 aliphatic carbocycles. The van der Waals surface area contributed by atoms with E-state index in [9.17, 15) is 4.57 Å². The molecule has 0 aliphatic heterocycles. The van der Waals surface area contributed by atoms with Crippen LogP contribution in [0.4, 0.5) is 0 Å². The Hall–Kier alpha value is -1.57. The minimum absolute atomic E-state index is 0.0411. The molecule has 0 aliphatic rings. The zero-order valence-electron chi connectivity index (χ0n) is 7.90. The van der Waals surface area contributed by atoms with Crippen LogP contribution in [0.2, 0.25) is 0 Å². The van der Waals surface area contributed by atoms with Crippen molar-refractivity contribution in [3.63, 3.8) is 0 Å². The van der Waals surface area contributed by atoms with Crippen LogP contribution in [-0.4, -0.2) is 20.3 Å². The Morgan fingerprint density at radius 1 is 1.06 bits per heavy atom. The molecule has 0 unspecified atom stereocenters. The van der Waals surface area contributed by atoms with Crippen LogP contribution in [0, 0.1) is 0 Å². The van der Waals surface area contributed by atoms with Gasteiger partial charge in [-0.3, -0.25) is 4.57 Å². The summed E-state index contributed by atoms with van der Waals surface area (Å²) < 4.78 is 29.8. The van der Waals surface area contributed by atoms with Gasteiger partial charge in [-0.15, -0.1) is 0 Å². The minimum atomic E-state index is -2.63. The Morgan fingerprint density at radius 3 is 1.94 bits per heavy atom. The third kappa shape index (κ3) is 3.23. The van der Waals surface area contributed by atoms with E-state index < -0.39 is 8.25 Å². The van der Waals surface area contributed by atoms with Crippen molar-refractivity contribution in [1.29, 1.82) is 0 Å². The quantitative estimate of drug-likeness (QED) is 0.674. The van der Waals surface area contributed by atoms with E-state index >= 15 is 0 Å². The molecule has 0 fully saturated rings. The molecule has 0 aromatic carbocycles. The predicted molar refractivity (Wildman–Crippen MR) is 47.2 cm³/mol. The van der Waals surface area contributed by atoms with Gasteiger partial charge in [-0.05, 0) is 0 Å². The first-order chi connectivity index (χ1) is 7.84. The van der Waals surface area contributed by atoms with E-state index in [1.165, 1.54) is 0 Å². The van der Waals surface area contributed by atoms with Crippen molar-refractivity contribution in [2.75, 3.05) is 0 Å². The normalized spacial score (nSPS) is 11.1. The fourth-order valence-electron chi connectivity index (χ4n) is 0.801. The molecule has 10 heteroatoms. The van der Waals surface area contributed by atoms with Crippen molar-refractivity contribution >= 4 is 8.25 Å². The number of nitrogens with zero attached hydrogens (tertiary/aromatic N) is 4. The summed E-state index contributed by atoms with van der Waals surface area (Å²) in [7, 11) is -2.63. The molecular weight excluding hydrogens is 239 g/mol. The van der Waals surface area contributed by atoms with Gasteiger partial charge in [0.2, 0.25) is 12.8 Å². The molecule has 0 N–H and O–H groups in total. The third-order valence-corrected chi connectivity index (χ3v) is 2.21. The van der Waals surface area contributed by atoms with Crippen LogP contribution in [-0.2, 0) is 26.8 Å². The Kier molecular flexibility index (Phi) is 3.76. The molecule has 0 radical (unpaired) electrons. The maximum atomic E-state index is 11.2. The fourth-order valence-corrected chi connectivity index (χ4v) is 1.38. The van der Waals surface area contributed by atoms with Crippen molar-refractivity contribution in [1.82, 2.24) is 20.3 Å². The van der Waals surface area contributed by atoms with Crippen LogP contribution >= 0.6 is 8.25 Å². The van der Waals surface area contributed by atoms with Crippen LogP contribution in [0.3, 0.4) is 0 Å². The highest BCUT2D eigenvalue weighted by atomic mass is 31.1. The maximum absolute atomic E-state index is 11.2. The molecule has 86 valence electrons. The lowest BCUT2D eigenvalue weighted by atomic mass is 10.7. The summed E-state index contributed by atoms with van der Waals surface area (Å²) in [4.78, 5) is 7.36. The summed E-state index contributed by atoms with van der Waals surface area (Å²) >= 11 is 0. The highest BCUT2D eigenvalue weighted by molar-refractivity contribution is 7.33. The molecule has 0 amide bonds. The smallest absolute Gasteiger partial charge is 0.320 e. The molecule has 2 aromatic heterocycles. The Balaban J connectivity index is 1.69. The SMILES string of the molecule is O=[PH](OCc1ncon1)OCc1ncon1. The molecule has 2 heterocycles. The first-order valence-corrected chi connectivity index (χ1v) is 5.37. The lowest BCUT2D eigenvalue weighted by Crippen LogP contribution is -1.92. The Labute approximate surface area is 89.7 Å². The van der Waals surface area contributed by atoms with Crippen LogP contribution in [0.5, 0.6) is 0 Å². The molecule has 16 heavy (non-hydrogen) atoms. The van der Waals surface area contributed by atoms with Crippen molar-refractivity contribution in [3.05, 3.63) is 24.4 Å². The van der Waals surface area contributed by atoms with Crippen molar-refractivity contribution in [3.8, 4) is 0 Å². The lowest BCUT2D eigenvalue weighted by molar-refractivity contribution is 0.201. The number of aromatic nitrogens is 4. The van der Waals surface area contributed by atoms with Gasteiger partial charge in [0, 0.05) is 0 Å². The molecule has 2 rings (SSSR count).